The first-order valence-electron chi connectivity index (χ1n) is 12.0. The number of hydrogen-bond donors (Lipinski definition) is 0. The lowest BCUT2D eigenvalue weighted by Gasteiger charge is -2.54. The van der Waals surface area contributed by atoms with Crippen LogP contribution in [-0.4, -0.2) is 62.7 Å². The van der Waals surface area contributed by atoms with Crippen LogP contribution >= 0.6 is 0 Å². The largest absolute Gasteiger partial charge is 0.610 e. The fourth-order valence-corrected chi connectivity index (χ4v) is 8.21. The van der Waals surface area contributed by atoms with Gasteiger partial charge in [-0.15, -0.1) is 0 Å². The molecule has 28 heavy (non-hydrogen) atoms. The van der Waals surface area contributed by atoms with Gasteiger partial charge in [-0.1, -0.05) is 40.0 Å². The third-order valence-corrected chi connectivity index (χ3v) is 10.4. The van der Waals surface area contributed by atoms with Gasteiger partial charge < -0.3 is 11.7 Å². The maximum Gasteiger partial charge on any atom is 0.610 e. The van der Waals surface area contributed by atoms with Gasteiger partial charge in [0.2, 0.25) is 0 Å². The lowest BCUT2D eigenvalue weighted by molar-refractivity contribution is 0.109. The molecule has 0 radical (unpaired) electrons. The van der Waals surface area contributed by atoms with Crippen LogP contribution in [0.3, 0.4) is 0 Å². The molecule has 0 N–H and O–H groups in total. The van der Waals surface area contributed by atoms with Crippen LogP contribution in [-0.2, 0) is 0 Å². The molecule has 0 bridgehead atoms. The summed E-state index contributed by atoms with van der Waals surface area (Å²) in [6, 6.07) is 0. The molecule has 0 aromatic carbocycles. The fourth-order valence-electron chi connectivity index (χ4n) is 3.88. The third-order valence-electron chi connectivity index (χ3n) is 5.68. The van der Waals surface area contributed by atoms with Crippen LogP contribution in [0.2, 0.25) is 0 Å². The van der Waals surface area contributed by atoms with E-state index in [1.165, 1.54) is 58.2 Å². The molecule has 0 aliphatic heterocycles. The summed E-state index contributed by atoms with van der Waals surface area (Å²) in [5.74, 6) is 0. The maximum atomic E-state index is 2.93. The molecule has 0 atom stereocenters. The van der Waals surface area contributed by atoms with Crippen molar-refractivity contribution in [2.24, 2.45) is 0 Å². The van der Waals surface area contributed by atoms with Crippen molar-refractivity contribution in [2.45, 2.75) is 138 Å². The lowest BCUT2D eigenvalue weighted by Crippen LogP contribution is -2.73. The molecule has 0 saturated carbocycles. The highest BCUT2D eigenvalue weighted by atomic mass is 27.2. The number of nitrogens with zero attached hydrogens (tertiary/aromatic N) is 3. The molecule has 4 heteroatoms. The number of unbranched alkanes of at least 4 members (excludes halogenated alkanes) is 3. The molecule has 0 aromatic heterocycles. The van der Waals surface area contributed by atoms with E-state index >= 15 is 0 Å². The quantitative estimate of drug-likeness (QED) is 0.332. The lowest BCUT2D eigenvalue weighted by atomic mass is 10.1. The Bertz CT molecular complexity index is 342. The first-order chi connectivity index (χ1) is 12.7. The van der Waals surface area contributed by atoms with Gasteiger partial charge in [-0.2, -0.15) is 0 Å². The van der Waals surface area contributed by atoms with Gasteiger partial charge >= 0.3 is 14.8 Å². The summed E-state index contributed by atoms with van der Waals surface area (Å²) in [6.45, 7) is 32.5. The Hall–Kier alpha value is 0.412. The van der Waals surface area contributed by atoms with Gasteiger partial charge in [0.15, 0.2) is 0 Å². The third kappa shape index (κ3) is 9.48. The molecule has 3 nitrogen and oxygen atoms in total. The topological polar surface area (TPSA) is 9.72 Å². The zero-order chi connectivity index (χ0) is 22.2. The number of rotatable bonds is 12. The van der Waals surface area contributed by atoms with Crippen molar-refractivity contribution in [1.82, 2.24) is 11.7 Å². The molecule has 0 aliphatic carbocycles. The molecule has 0 saturated heterocycles. The summed E-state index contributed by atoms with van der Waals surface area (Å²) in [7, 11) is 0. The summed E-state index contributed by atoms with van der Waals surface area (Å²) in [6.07, 6.45) is 7.67. The normalized spacial score (nSPS) is 13.8. The zero-order valence-corrected chi connectivity index (χ0v) is 22.9. The Morgan fingerprint density at radius 2 is 0.679 bits per heavy atom. The Morgan fingerprint density at radius 3 is 0.821 bits per heavy atom. The molecule has 0 fully saturated rings. The average Bonchev–Trinajstić information content (AvgIpc) is 2.51. The second-order valence-corrected chi connectivity index (χ2v) is 14.1. The Morgan fingerprint density at radius 1 is 0.464 bits per heavy atom. The zero-order valence-electron chi connectivity index (χ0n) is 21.8. The highest BCUT2D eigenvalue weighted by Crippen LogP contribution is 2.30. The van der Waals surface area contributed by atoms with E-state index in [9.17, 15) is 0 Å². The minimum absolute atomic E-state index is 0.192. The second kappa shape index (κ2) is 12.3. The van der Waals surface area contributed by atoms with Gasteiger partial charge in [0.1, 0.15) is 0 Å². The molecule has 0 heterocycles. The second-order valence-electron chi connectivity index (χ2n) is 11.5. The molecule has 0 spiro atoms. The summed E-state index contributed by atoms with van der Waals surface area (Å²) < 4.78 is 8.79. The highest BCUT2D eigenvalue weighted by Gasteiger charge is 2.51. The van der Waals surface area contributed by atoms with E-state index in [1.54, 1.807) is 0 Å². The molecule has 0 aliphatic rings. The predicted molar refractivity (Wildman–Crippen MR) is 130 cm³/mol. The summed E-state index contributed by atoms with van der Waals surface area (Å²) in [5, 5.41) is 0. The van der Waals surface area contributed by atoms with E-state index < -0.39 is 14.8 Å². The van der Waals surface area contributed by atoms with E-state index in [2.05, 4.69) is 94.7 Å². The van der Waals surface area contributed by atoms with Crippen LogP contribution in [0.25, 0.3) is 0 Å². The van der Waals surface area contributed by atoms with Crippen LogP contribution in [0.4, 0.5) is 0 Å². The van der Waals surface area contributed by atoms with Gasteiger partial charge in [-0.05, 0) is 118 Å². The molecule has 168 valence electrons. The minimum Gasteiger partial charge on any atom is -0.352 e. The Labute approximate surface area is 184 Å². The standard InChI is InChI=1S/3C8H18N.Al/c3*1-5-6-7-9-8(2,3)4;/h3*5-7H2,1-4H3;/q3*-1;+3. The smallest absolute Gasteiger partial charge is 0.352 e. The first-order valence-corrected chi connectivity index (χ1v) is 13.6. The van der Waals surface area contributed by atoms with Crippen LogP contribution in [0.5, 0.6) is 0 Å². The molecule has 0 aromatic rings. The summed E-state index contributed by atoms with van der Waals surface area (Å²) in [4.78, 5) is 0. The monoisotopic (exact) mass is 411 g/mol. The van der Waals surface area contributed by atoms with Crippen molar-refractivity contribution in [3.05, 3.63) is 0 Å². The van der Waals surface area contributed by atoms with Crippen LogP contribution in [0.1, 0.15) is 122 Å². The minimum atomic E-state index is -1.55. The van der Waals surface area contributed by atoms with Crippen molar-refractivity contribution in [1.29, 1.82) is 0 Å². The van der Waals surface area contributed by atoms with Gasteiger partial charge in [0.25, 0.3) is 0 Å². The highest BCUT2D eigenvalue weighted by molar-refractivity contribution is 6.50. The van der Waals surface area contributed by atoms with Crippen molar-refractivity contribution >= 4 is 14.8 Å². The summed E-state index contributed by atoms with van der Waals surface area (Å²) >= 11 is -1.55. The maximum absolute atomic E-state index is 2.93. The van der Waals surface area contributed by atoms with Gasteiger partial charge in [0, 0.05) is 0 Å². The SMILES string of the molecule is CCCC[N]([Al]([N](CCCC)C(C)(C)C)[N](CCCC)C(C)(C)C)C(C)(C)C. The van der Waals surface area contributed by atoms with E-state index in [0.29, 0.717) is 0 Å². The van der Waals surface area contributed by atoms with E-state index in [0.717, 1.165) is 0 Å². The Kier molecular flexibility index (Phi) is 12.5. The van der Waals surface area contributed by atoms with E-state index in [4.69, 9.17) is 0 Å². The first kappa shape index (κ1) is 28.4. The Balaban J connectivity index is 6.40. The summed E-state index contributed by atoms with van der Waals surface area (Å²) in [5.41, 5.74) is 0.576. The molecule has 0 amide bonds. The van der Waals surface area contributed by atoms with E-state index in [-0.39, 0.29) is 16.6 Å². The molecular weight excluding hydrogens is 357 g/mol. The predicted octanol–water partition coefficient (Wildman–Crippen LogP) is 6.67. The van der Waals surface area contributed by atoms with Crippen molar-refractivity contribution < 1.29 is 0 Å². The van der Waals surface area contributed by atoms with Crippen LogP contribution < -0.4 is 0 Å². The van der Waals surface area contributed by atoms with Gasteiger partial charge in [0.05, 0.1) is 0 Å². The van der Waals surface area contributed by atoms with Crippen molar-refractivity contribution in [2.75, 3.05) is 19.6 Å². The average molecular weight is 412 g/mol. The molecular formula is C24H54AlN3. The van der Waals surface area contributed by atoms with Crippen LogP contribution in [0, 0.1) is 0 Å². The van der Waals surface area contributed by atoms with Crippen molar-refractivity contribution in [3.63, 3.8) is 0 Å². The van der Waals surface area contributed by atoms with E-state index in [1.807, 2.05) is 0 Å². The van der Waals surface area contributed by atoms with Gasteiger partial charge in [-0.3, -0.25) is 0 Å². The molecule has 0 unspecified atom stereocenters. The fraction of sp³-hybridized carbons (Fsp3) is 1.00. The van der Waals surface area contributed by atoms with Crippen LogP contribution in [0.15, 0.2) is 0 Å². The van der Waals surface area contributed by atoms with Crippen molar-refractivity contribution in [3.8, 4) is 0 Å². The molecule has 0 rings (SSSR count). The number of hydrogen-bond acceptors (Lipinski definition) is 3. The van der Waals surface area contributed by atoms with Gasteiger partial charge in [-0.25, -0.2) is 0 Å².